The molecule has 0 aliphatic rings. The maximum Gasteiger partial charge on any atom is 0.449 e. The van der Waals surface area contributed by atoms with Gasteiger partial charge in [-0.2, -0.15) is 13.2 Å². The van der Waals surface area contributed by atoms with Crippen molar-refractivity contribution in [2.45, 2.75) is 11.9 Å². The van der Waals surface area contributed by atoms with Gasteiger partial charge in [0.05, 0.1) is 16.4 Å². The normalized spacial score (nSPS) is 12.7. The van der Waals surface area contributed by atoms with E-state index < -0.39 is 23.1 Å². The molecule has 0 spiro atoms. The van der Waals surface area contributed by atoms with E-state index in [-0.39, 0.29) is 22.2 Å². The van der Waals surface area contributed by atoms with Crippen molar-refractivity contribution in [2.75, 3.05) is 0 Å². The van der Waals surface area contributed by atoms with Crippen molar-refractivity contribution in [3.63, 3.8) is 0 Å². The second kappa shape index (κ2) is 8.90. The van der Waals surface area contributed by atoms with Gasteiger partial charge in [-0.25, -0.2) is 4.98 Å². The first-order valence-electron chi connectivity index (χ1n) is 9.40. The van der Waals surface area contributed by atoms with Gasteiger partial charge in [0.15, 0.2) is 0 Å². The van der Waals surface area contributed by atoms with Crippen LogP contribution in [0, 0.1) is 0 Å². The summed E-state index contributed by atoms with van der Waals surface area (Å²) in [5.74, 6) is -1.57. The molecule has 164 valence electrons. The van der Waals surface area contributed by atoms with Crippen molar-refractivity contribution < 1.29 is 21.9 Å². The number of hydrogen-bond acceptors (Lipinski definition) is 3. The average molecular weight is 476 g/mol. The number of halogens is 4. The summed E-state index contributed by atoms with van der Waals surface area (Å²) in [6.45, 7) is 0. The fourth-order valence-electron chi connectivity index (χ4n) is 3.44. The monoisotopic (exact) mass is 475 g/mol. The first-order chi connectivity index (χ1) is 15.2. The third-order valence-corrected chi connectivity index (χ3v) is 5.73. The molecule has 32 heavy (non-hydrogen) atoms. The van der Waals surface area contributed by atoms with Gasteiger partial charge in [0.1, 0.15) is 0 Å². The quantitative estimate of drug-likeness (QED) is 0.337. The topological polar surface area (TPSA) is 68.8 Å². The summed E-state index contributed by atoms with van der Waals surface area (Å²) in [6, 6.07) is 20.6. The van der Waals surface area contributed by atoms with Crippen LogP contribution in [0.15, 0.2) is 72.8 Å². The first kappa shape index (κ1) is 22.3. The van der Waals surface area contributed by atoms with Gasteiger partial charge in [0.25, 0.3) is 0 Å². The molecule has 0 saturated carbocycles. The third kappa shape index (κ3) is 4.62. The van der Waals surface area contributed by atoms with E-state index in [9.17, 15) is 21.9 Å². The number of benzene rings is 3. The molecule has 4 aromatic rings. The highest BCUT2D eigenvalue weighted by atomic mass is 35.5. The van der Waals surface area contributed by atoms with E-state index in [1.54, 1.807) is 42.5 Å². The van der Waals surface area contributed by atoms with E-state index >= 15 is 0 Å². The van der Waals surface area contributed by atoms with Crippen molar-refractivity contribution in [3.8, 4) is 33.6 Å². The predicted octanol–water partition coefficient (Wildman–Crippen LogP) is 6.46. The van der Waals surface area contributed by atoms with Crippen LogP contribution in [-0.2, 0) is 23.0 Å². The average Bonchev–Trinajstić information content (AvgIpc) is 3.20. The predicted molar refractivity (Wildman–Crippen MR) is 118 cm³/mol. The third-order valence-electron chi connectivity index (χ3n) is 4.86. The molecule has 1 N–H and O–H groups in total. The highest BCUT2D eigenvalue weighted by molar-refractivity contribution is 7.78. The zero-order chi connectivity index (χ0) is 22.9. The standard InChI is InChI=1S/C23H16ClF3N2O2S/c24-19-9-5-4-8-18(19)21-20(28-22(29-21)23(25,26)27)17-11-10-15(12-16(17)13-32(30)31)14-6-2-1-3-7-14/h1-12H,13H2,(H,28,29)(H,30,31)/p-1. The Morgan fingerprint density at radius 1 is 0.938 bits per heavy atom. The van der Waals surface area contributed by atoms with Crippen molar-refractivity contribution in [2.24, 2.45) is 0 Å². The molecular formula is C23H15ClF3N2O2S-. The van der Waals surface area contributed by atoms with Gasteiger partial charge in [-0.1, -0.05) is 83.3 Å². The number of rotatable bonds is 5. The number of hydrogen-bond donors (Lipinski definition) is 1. The summed E-state index contributed by atoms with van der Waals surface area (Å²) < 4.78 is 63.5. The molecule has 3 aromatic carbocycles. The molecule has 0 radical (unpaired) electrons. The van der Waals surface area contributed by atoms with Crippen LogP contribution in [0.3, 0.4) is 0 Å². The zero-order valence-electron chi connectivity index (χ0n) is 16.3. The molecule has 4 nitrogen and oxygen atoms in total. The molecule has 1 aromatic heterocycles. The van der Waals surface area contributed by atoms with E-state index in [0.29, 0.717) is 16.7 Å². The number of nitrogens with one attached hydrogen (secondary N) is 1. The second-order valence-corrected chi connectivity index (χ2v) is 8.28. The fourth-order valence-corrected chi connectivity index (χ4v) is 4.16. The fraction of sp³-hybridized carbons (Fsp3) is 0.0870. The van der Waals surface area contributed by atoms with Gasteiger partial charge in [-0.15, -0.1) is 0 Å². The molecule has 0 amide bonds. The molecule has 0 bridgehead atoms. The summed E-state index contributed by atoms with van der Waals surface area (Å²) >= 11 is 3.77. The maximum atomic E-state index is 13.5. The Morgan fingerprint density at radius 3 is 2.28 bits per heavy atom. The molecule has 0 aliphatic heterocycles. The van der Waals surface area contributed by atoms with Crippen molar-refractivity contribution >= 4 is 22.7 Å². The van der Waals surface area contributed by atoms with Crippen molar-refractivity contribution in [3.05, 3.63) is 89.2 Å². The van der Waals surface area contributed by atoms with Crippen molar-refractivity contribution in [1.29, 1.82) is 0 Å². The zero-order valence-corrected chi connectivity index (χ0v) is 17.9. The Bertz CT molecular complexity index is 1290. The molecule has 1 unspecified atom stereocenters. The van der Waals surface area contributed by atoms with Crippen LogP contribution in [0.1, 0.15) is 11.4 Å². The lowest BCUT2D eigenvalue weighted by atomic mass is 9.96. The van der Waals surface area contributed by atoms with E-state index in [4.69, 9.17) is 11.6 Å². The molecule has 1 atom stereocenters. The lowest BCUT2D eigenvalue weighted by Gasteiger charge is -2.14. The number of imidazole rings is 1. The Labute approximate surface area is 189 Å². The largest absolute Gasteiger partial charge is 0.772 e. The van der Waals surface area contributed by atoms with E-state index in [1.807, 2.05) is 30.3 Å². The lowest BCUT2D eigenvalue weighted by Crippen LogP contribution is -2.07. The maximum absolute atomic E-state index is 13.5. The van der Waals surface area contributed by atoms with Gasteiger partial charge in [0.2, 0.25) is 5.82 Å². The molecule has 0 aliphatic carbocycles. The lowest BCUT2D eigenvalue weighted by molar-refractivity contribution is -0.144. The summed E-state index contributed by atoms with van der Waals surface area (Å²) in [4.78, 5) is 6.11. The number of nitrogens with zero attached hydrogens (tertiary/aromatic N) is 1. The number of aromatic nitrogens is 2. The van der Waals surface area contributed by atoms with Crippen LogP contribution in [0.4, 0.5) is 13.2 Å². The molecule has 0 saturated heterocycles. The SMILES string of the molecule is O=S([O-])Cc1cc(-c2ccccc2)ccc1-c1[nH]c(C(F)(F)F)nc1-c1ccccc1Cl. The molecule has 9 heteroatoms. The number of alkyl halides is 3. The van der Waals surface area contributed by atoms with E-state index in [2.05, 4.69) is 9.97 Å². The number of aromatic amines is 1. The van der Waals surface area contributed by atoms with Crippen LogP contribution < -0.4 is 0 Å². The second-order valence-electron chi connectivity index (χ2n) is 6.97. The van der Waals surface area contributed by atoms with E-state index in [1.165, 1.54) is 0 Å². The molecular weight excluding hydrogens is 461 g/mol. The number of H-pyrrole nitrogens is 1. The summed E-state index contributed by atoms with van der Waals surface area (Å²) in [5.41, 5.74) is 2.57. The molecule has 0 fully saturated rings. The highest BCUT2D eigenvalue weighted by Gasteiger charge is 2.36. The minimum Gasteiger partial charge on any atom is -0.772 e. The molecule has 1 heterocycles. The Balaban J connectivity index is 1.95. The van der Waals surface area contributed by atoms with Crippen molar-refractivity contribution in [1.82, 2.24) is 9.97 Å². The Kier molecular flexibility index (Phi) is 6.19. The van der Waals surface area contributed by atoms with Gasteiger partial charge >= 0.3 is 6.18 Å². The van der Waals surface area contributed by atoms with Gasteiger partial charge < -0.3 is 9.54 Å². The van der Waals surface area contributed by atoms with E-state index in [0.717, 1.165) is 11.1 Å². The minimum absolute atomic E-state index is 0.00619. The Morgan fingerprint density at radius 2 is 1.62 bits per heavy atom. The van der Waals surface area contributed by atoms with Crippen LogP contribution in [0.2, 0.25) is 5.02 Å². The van der Waals surface area contributed by atoms with Crippen LogP contribution in [0.5, 0.6) is 0 Å². The minimum atomic E-state index is -4.72. The summed E-state index contributed by atoms with van der Waals surface area (Å²) in [5, 5.41) is 0.226. The molecule has 4 rings (SSSR count). The summed E-state index contributed by atoms with van der Waals surface area (Å²) in [7, 11) is 0. The van der Waals surface area contributed by atoms with Gasteiger partial charge in [-0.05, 0) is 28.8 Å². The van der Waals surface area contributed by atoms with Gasteiger partial charge in [-0.3, -0.25) is 4.21 Å². The smallest absolute Gasteiger partial charge is 0.449 e. The summed E-state index contributed by atoms with van der Waals surface area (Å²) in [6.07, 6.45) is -4.72. The van der Waals surface area contributed by atoms with Crippen LogP contribution in [-0.4, -0.2) is 18.7 Å². The highest BCUT2D eigenvalue weighted by Crippen LogP contribution is 2.40. The Hall–Kier alpha value is -2.94. The van der Waals surface area contributed by atoms with Crippen LogP contribution >= 0.6 is 11.6 Å². The first-order valence-corrected chi connectivity index (χ1v) is 11.0. The van der Waals surface area contributed by atoms with Crippen LogP contribution in [0.25, 0.3) is 33.6 Å². The van der Waals surface area contributed by atoms with Gasteiger partial charge in [0, 0.05) is 16.9 Å².